The minimum atomic E-state index is 0.585. The lowest BCUT2D eigenvalue weighted by atomic mass is 10.4. The van der Waals surface area contributed by atoms with Crippen molar-refractivity contribution in [3.8, 4) is 18.2 Å². The van der Waals surface area contributed by atoms with Crippen LogP contribution in [0.3, 0.4) is 0 Å². The second-order valence-electron chi connectivity index (χ2n) is 3.56. The van der Waals surface area contributed by atoms with Crippen LogP contribution in [0.4, 0.5) is 0 Å². The number of hydrogen-bond donors (Lipinski definition) is 1. The minimum Gasteiger partial charge on any atom is -0.481 e. The second-order valence-corrected chi connectivity index (χ2v) is 5.06. The zero-order valence-electron chi connectivity index (χ0n) is 9.97. The SMILES string of the molecule is C#CCSCCn1c(=S)[nH]c2ccc(OC)nc21. The zero-order chi connectivity index (χ0) is 13.0. The summed E-state index contributed by atoms with van der Waals surface area (Å²) in [5, 5.41) is 0. The molecule has 0 amide bonds. The fourth-order valence-electron chi connectivity index (χ4n) is 1.62. The highest BCUT2D eigenvalue weighted by atomic mass is 32.2. The first-order valence-corrected chi connectivity index (χ1v) is 6.97. The molecule has 94 valence electrons. The summed E-state index contributed by atoms with van der Waals surface area (Å²) in [6.45, 7) is 0.783. The van der Waals surface area contributed by atoms with Gasteiger partial charge in [0.1, 0.15) is 0 Å². The monoisotopic (exact) mass is 279 g/mol. The summed E-state index contributed by atoms with van der Waals surface area (Å²) in [5.74, 6) is 4.81. The molecule has 0 atom stereocenters. The number of hydrogen-bond acceptors (Lipinski definition) is 4. The summed E-state index contributed by atoms with van der Waals surface area (Å²) in [6.07, 6.45) is 5.21. The molecule has 2 aromatic rings. The molecule has 2 aromatic heterocycles. The van der Waals surface area contributed by atoms with Gasteiger partial charge in [-0.3, -0.25) is 0 Å². The number of aromatic nitrogens is 3. The Kier molecular flexibility index (Phi) is 4.28. The van der Waals surface area contributed by atoms with Crippen molar-refractivity contribution in [2.45, 2.75) is 6.54 Å². The lowest BCUT2D eigenvalue weighted by Gasteiger charge is -2.03. The van der Waals surface area contributed by atoms with Crippen LogP contribution in [-0.4, -0.2) is 33.2 Å². The van der Waals surface area contributed by atoms with Gasteiger partial charge in [0.2, 0.25) is 5.88 Å². The fraction of sp³-hybridized carbons (Fsp3) is 0.333. The number of rotatable bonds is 5. The Morgan fingerprint density at radius 1 is 1.61 bits per heavy atom. The van der Waals surface area contributed by atoms with Crippen LogP contribution in [0.1, 0.15) is 0 Å². The van der Waals surface area contributed by atoms with Crippen molar-refractivity contribution in [3.05, 3.63) is 16.9 Å². The average molecular weight is 279 g/mol. The number of aromatic amines is 1. The summed E-state index contributed by atoms with van der Waals surface area (Å²) >= 11 is 6.99. The summed E-state index contributed by atoms with van der Waals surface area (Å²) < 4.78 is 7.77. The number of aryl methyl sites for hydroxylation is 1. The molecule has 0 radical (unpaired) electrons. The largest absolute Gasteiger partial charge is 0.481 e. The van der Waals surface area contributed by atoms with E-state index in [1.165, 1.54) is 0 Å². The van der Waals surface area contributed by atoms with Crippen LogP contribution in [0, 0.1) is 17.1 Å². The van der Waals surface area contributed by atoms with Crippen molar-refractivity contribution < 1.29 is 4.74 Å². The average Bonchev–Trinajstić information content (AvgIpc) is 2.70. The fourth-order valence-corrected chi connectivity index (χ4v) is 2.48. The van der Waals surface area contributed by atoms with Gasteiger partial charge in [0, 0.05) is 18.4 Å². The molecular formula is C12H13N3OS2. The lowest BCUT2D eigenvalue weighted by molar-refractivity contribution is 0.399. The first-order chi connectivity index (χ1) is 8.76. The van der Waals surface area contributed by atoms with Crippen LogP contribution in [0.25, 0.3) is 11.2 Å². The molecule has 0 aliphatic carbocycles. The number of terminal acetylenes is 1. The van der Waals surface area contributed by atoms with E-state index in [2.05, 4.69) is 15.9 Å². The molecule has 0 saturated heterocycles. The van der Waals surface area contributed by atoms with Crippen molar-refractivity contribution in [1.29, 1.82) is 0 Å². The molecule has 0 unspecified atom stereocenters. The normalized spacial score (nSPS) is 10.4. The highest BCUT2D eigenvalue weighted by Gasteiger charge is 2.06. The summed E-state index contributed by atoms with van der Waals surface area (Å²) in [7, 11) is 1.60. The third-order valence-electron chi connectivity index (χ3n) is 2.45. The third-order valence-corrected chi connectivity index (χ3v) is 3.61. The Balaban J connectivity index is 2.28. The maximum atomic E-state index is 5.29. The Morgan fingerprint density at radius 3 is 3.17 bits per heavy atom. The molecule has 2 rings (SSSR count). The number of fused-ring (bicyclic) bond motifs is 1. The van der Waals surface area contributed by atoms with E-state index in [0.717, 1.165) is 23.5 Å². The number of H-pyrrole nitrogens is 1. The van der Waals surface area contributed by atoms with Gasteiger partial charge in [-0.2, -0.15) is 4.98 Å². The van der Waals surface area contributed by atoms with Crippen molar-refractivity contribution >= 4 is 35.1 Å². The molecular weight excluding hydrogens is 266 g/mol. The van der Waals surface area contributed by atoms with Crippen molar-refractivity contribution in [1.82, 2.24) is 14.5 Å². The zero-order valence-corrected chi connectivity index (χ0v) is 11.6. The highest BCUT2D eigenvalue weighted by Crippen LogP contribution is 2.16. The number of nitrogens with one attached hydrogen (secondary N) is 1. The number of thioether (sulfide) groups is 1. The van der Waals surface area contributed by atoms with Crippen LogP contribution < -0.4 is 4.74 Å². The molecule has 2 heterocycles. The van der Waals surface area contributed by atoms with E-state index in [1.807, 2.05) is 16.7 Å². The van der Waals surface area contributed by atoms with Gasteiger partial charge in [-0.1, -0.05) is 5.92 Å². The first kappa shape index (κ1) is 13.0. The molecule has 18 heavy (non-hydrogen) atoms. The van der Waals surface area contributed by atoms with E-state index >= 15 is 0 Å². The number of ether oxygens (including phenoxy) is 1. The Labute approximate surface area is 115 Å². The van der Waals surface area contributed by atoms with Crippen molar-refractivity contribution in [2.24, 2.45) is 0 Å². The van der Waals surface area contributed by atoms with Crippen molar-refractivity contribution in [2.75, 3.05) is 18.6 Å². The van der Waals surface area contributed by atoms with Crippen LogP contribution in [0.2, 0.25) is 0 Å². The maximum absolute atomic E-state index is 5.29. The molecule has 0 saturated carbocycles. The molecule has 0 fully saturated rings. The van der Waals surface area contributed by atoms with Gasteiger partial charge >= 0.3 is 0 Å². The van der Waals surface area contributed by atoms with Gasteiger partial charge in [0.15, 0.2) is 10.4 Å². The Hall–Kier alpha value is -1.45. The van der Waals surface area contributed by atoms with E-state index < -0.39 is 0 Å². The molecule has 6 heteroatoms. The summed E-state index contributed by atoms with van der Waals surface area (Å²) in [6, 6.07) is 3.73. The minimum absolute atomic E-state index is 0.585. The van der Waals surface area contributed by atoms with Crippen LogP contribution in [0.5, 0.6) is 5.88 Å². The third kappa shape index (κ3) is 2.68. The maximum Gasteiger partial charge on any atom is 0.215 e. The number of imidazole rings is 1. The quantitative estimate of drug-likeness (QED) is 0.519. The first-order valence-electron chi connectivity index (χ1n) is 5.41. The number of pyridine rings is 1. The number of methoxy groups -OCH3 is 1. The predicted molar refractivity (Wildman–Crippen MR) is 77.6 cm³/mol. The predicted octanol–water partition coefficient (Wildman–Crippen LogP) is 2.47. The molecule has 0 aliphatic heterocycles. The molecule has 1 N–H and O–H groups in total. The Bertz CT molecular complexity index is 639. The van der Waals surface area contributed by atoms with Gasteiger partial charge in [-0.15, -0.1) is 18.2 Å². The molecule has 0 bridgehead atoms. The van der Waals surface area contributed by atoms with E-state index in [9.17, 15) is 0 Å². The molecule has 0 aliphatic rings. The summed E-state index contributed by atoms with van der Waals surface area (Å²) in [4.78, 5) is 7.54. The van der Waals surface area contributed by atoms with Gasteiger partial charge in [-0.05, 0) is 18.3 Å². The van der Waals surface area contributed by atoms with Gasteiger partial charge in [0.25, 0.3) is 0 Å². The van der Waals surface area contributed by atoms with E-state index in [1.54, 1.807) is 18.9 Å². The topological polar surface area (TPSA) is 42.8 Å². The van der Waals surface area contributed by atoms with E-state index in [4.69, 9.17) is 23.4 Å². The van der Waals surface area contributed by atoms with Crippen LogP contribution >= 0.6 is 24.0 Å². The molecule has 4 nitrogen and oxygen atoms in total. The molecule has 0 aromatic carbocycles. The highest BCUT2D eigenvalue weighted by molar-refractivity contribution is 7.99. The van der Waals surface area contributed by atoms with Crippen molar-refractivity contribution in [3.63, 3.8) is 0 Å². The van der Waals surface area contributed by atoms with Gasteiger partial charge < -0.3 is 14.3 Å². The standard InChI is InChI=1S/C12H13N3OS2/c1-3-7-18-8-6-15-11-9(13-12(15)17)4-5-10(14-11)16-2/h1,4-5H,6-8H2,2H3,(H,13,17). The molecule has 0 spiro atoms. The lowest BCUT2D eigenvalue weighted by Crippen LogP contribution is -2.02. The summed E-state index contributed by atoms with van der Waals surface area (Å²) in [5.41, 5.74) is 1.74. The van der Waals surface area contributed by atoms with E-state index in [0.29, 0.717) is 16.4 Å². The van der Waals surface area contributed by atoms with E-state index in [-0.39, 0.29) is 0 Å². The number of nitrogens with zero attached hydrogens (tertiary/aromatic N) is 2. The Morgan fingerprint density at radius 2 is 2.44 bits per heavy atom. The van der Waals surface area contributed by atoms with Gasteiger partial charge in [-0.25, -0.2) is 0 Å². The second kappa shape index (κ2) is 5.94. The van der Waals surface area contributed by atoms with Crippen LogP contribution in [0.15, 0.2) is 12.1 Å². The smallest absolute Gasteiger partial charge is 0.215 e. The van der Waals surface area contributed by atoms with Gasteiger partial charge in [0.05, 0.1) is 18.4 Å². The van der Waals surface area contributed by atoms with Crippen LogP contribution in [-0.2, 0) is 6.54 Å².